The van der Waals surface area contributed by atoms with Crippen molar-refractivity contribution in [2.75, 3.05) is 16.8 Å². The van der Waals surface area contributed by atoms with Gasteiger partial charge in [0.25, 0.3) is 5.91 Å². The van der Waals surface area contributed by atoms with Crippen LogP contribution in [0.5, 0.6) is 0 Å². The molecule has 2 aromatic carbocycles. The van der Waals surface area contributed by atoms with Crippen LogP contribution in [-0.4, -0.2) is 23.3 Å². The Hall–Kier alpha value is -3.06. The monoisotopic (exact) mass is 407 g/mol. The Morgan fingerprint density at radius 2 is 2.00 bits per heavy atom. The number of anilines is 2. The molecular formula is C22H18FN3O2S. The highest BCUT2D eigenvalue weighted by Gasteiger charge is 2.30. The second-order valence-electron chi connectivity index (χ2n) is 7.33. The molecule has 146 valence electrons. The van der Waals surface area contributed by atoms with E-state index in [1.807, 2.05) is 23.6 Å². The highest BCUT2D eigenvalue weighted by atomic mass is 32.1. The van der Waals surface area contributed by atoms with E-state index in [1.165, 1.54) is 23.5 Å². The van der Waals surface area contributed by atoms with Gasteiger partial charge >= 0.3 is 0 Å². The summed E-state index contributed by atoms with van der Waals surface area (Å²) in [5.74, 6) is -0.651. The lowest BCUT2D eigenvalue weighted by Crippen LogP contribution is -2.29. The number of aromatic nitrogens is 1. The van der Waals surface area contributed by atoms with Gasteiger partial charge in [-0.05, 0) is 49.1 Å². The van der Waals surface area contributed by atoms with Crippen LogP contribution in [0.4, 0.5) is 15.2 Å². The number of fused-ring (bicyclic) bond motifs is 1. The van der Waals surface area contributed by atoms with Crippen LogP contribution in [0.15, 0.2) is 47.8 Å². The highest BCUT2D eigenvalue weighted by molar-refractivity contribution is 7.14. The third-order valence-electron chi connectivity index (χ3n) is 5.30. The van der Waals surface area contributed by atoms with Crippen LogP contribution in [0.2, 0.25) is 0 Å². The molecule has 0 radical (unpaired) electrons. The first-order valence-corrected chi connectivity index (χ1v) is 10.4. The molecule has 2 amide bonds. The number of carbonyl (C=O) groups excluding carboxylic acids is 2. The van der Waals surface area contributed by atoms with Crippen LogP contribution in [0.25, 0.3) is 11.3 Å². The minimum absolute atomic E-state index is 0.0437. The van der Waals surface area contributed by atoms with Crippen LogP contribution in [-0.2, 0) is 11.2 Å². The SMILES string of the molecule is O=C(Nc1nc(-c2ccc3c(c2)CCN3C(=O)c2ccccc2F)cs1)C1CC1. The number of benzene rings is 2. The van der Waals surface area contributed by atoms with Crippen molar-refractivity contribution in [2.45, 2.75) is 19.3 Å². The van der Waals surface area contributed by atoms with Gasteiger partial charge in [-0.2, -0.15) is 0 Å². The number of amides is 2. The standard InChI is InChI=1S/C22H18FN3O2S/c23-17-4-2-1-3-16(17)21(28)26-10-9-15-11-14(7-8-19(15)26)18-12-29-22(24-18)25-20(27)13-5-6-13/h1-4,7-8,11-13H,5-6,9-10H2,(H,24,25,27). The van der Waals surface area contributed by atoms with E-state index >= 15 is 0 Å². The summed E-state index contributed by atoms with van der Waals surface area (Å²) in [6.07, 6.45) is 2.62. The van der Waals surface area contributed by atoms with Crippen LogP contribution < -0.4 is 10.2 Å². The summed E-state index contributed by atoms with van der Waals surface area (Å²) in [6, 6.07) is 11.9. The quantitative estimate of drug-likeness (QED) is 0.693. The van der Waals surface area contributed by atoms with E-state index in [2.05, 4.69) is 10.3 Å². The molecule has 0 spiro atoms. The van der Waals surface area contributed by atoms with Crippen LogP contribution in [0.1, 0.15) is 28.8 Å². The molecule has 0 unspecified atom stereocenters. The Kier molecular flexibility index (Phi) is 4.39. The summed E-state index contributed by atoms with van der Waals surface area (Å²) in [5, 5.41) is 5.40. The summed E-state index contributed by atoms with van der Waals surface area (Å²) in [6.45, 7) is 0.520. The fourth-order valence-electron chi connectivity index (χ4n) is 3.57. The van der Waals surface area contributed by atoms with Crippen molar-refractivity contribution >= 4 is 34.0 Å². The van der Waals surface area contributed by atoms with E-state index in [0.717, 1.165) is 35.3 Å². The largest absolute Gasteiger partial charge is 0.308 e. The van der Waals surface area contributed by atoms with Gasteiger partial charge in [0, 0.05) is 29.1 Å². The van der Waals surface area contributed by atoms with Crippen LogP contribution >= 0.6 is 11.3 Å². The van der Waals surface area contributed by atoms with Crippen molar-refractivity contribution in [2.24, 2.45) is 5.92 Å². The Bertz CT molecular complexity index is 1120. The number of thiazole rings is 1. The first-order valence-electron chi connectivity index (χ1n) is 9.56. The molecule has 5 rings (SSSR count). The van der Waals surface area contributed by atoms with E-state index in [-0.39, 0.29) is 23.3 Å². The topological polar surface area (TPSA) is 62.3 Å². The first kappa shape index (κ1) is 18.0. The Morgan fingerprint density at radius 3 is 2.79 bits per heavy atom. The Labute approximate surface area is 171 Å². The minimum atomic E-state index is -0.509. The van der Waals surface area contributed by atoms with Gasteiger partial charge in [-0.15, -0.1) is 11.3 Å². The Balaban J connectivity index is 1.37. The van der Waals surface area contributed by atoms with E-state index in [4.69, 9.17) is 0 Å². The van der Waals surface area contributed by atoms with Gasteiger partial charge in [0.15, 0.2) is 5.13 Å². The van der Waals surface area contributed by atoms with Gasteiger partial charge in [0.05, 0.1) is 11.3 Å². The zero-order valence-corrected chi connectivity index (χ0v) is 16.3. The van der Waals surface area contributed by atoms with Crippen molar-refractivity contribution < 1.29 is 14.0 Å². The molecule has 1 aromatic heterocycles. The van der Waals surface area contributed by atoms with Crippen molar-refractivity contribution in [3.05, 3.63) is 64.8 Å². The maximum absolute atomic E-state index is 14.0. The molecule has 1 aliphatic heterocycles. The van der Waals surface area contributed by atoms with E-state index in [1.54, 1.807) is 17.0 Å². The maximum atomic E-state index is 14.0. The molecule has 2 aliphatic rings. The number of nitrogens with one attached hydrogen (secondary N) is 1. The van der Waals surface area contributed by atoms with Crippen LogP contribution in [0, 0.1) is 11.7 Å². The Morgan fingerprint density at radius 1 is 1.17 bits per heavy atom. The molecule has 3 aromatic rings. The molecule has 7 heteroatoms. The lowest BCUT2D eigenvalue weighted by molar-refractivity contribution is -0.117. The van der Waals surface area contributed by atoms with Crippen LogP contribution in [0.3, 0.4) is 0 Å². The predicted molar refractivity (Wildman–Crippen MR) is 111 cm³/mol. The average Bonchev–Trinajstić information content (AvgIpc) is 3.34. The molecule has 0 saturated heterocycles. The number of rotatable bonds is 4. The van der Waals surface area contributed by atoms with E-state index in [9.17, 15) is 14.0 Å². The summed E-state index contributed by atoms with van der Waals surface area (Å²) in [7, 11) is 0. The molecule has 1 saturated carbocycles. The third-order valence-corrected chi connectivity index (χ3v) is 6.06. The minimum Gasteiger partial charge on any atom is -0.308 e. The van der Waals surface area contributed by atoms with Crippen molar-refractivity contribution in [3.63, 3.8) is 0 Å². The van der Waals surface area contributed by atoms with Gasteiger partial charge in [0.2, 0.25) is 5.91 Å². The molecule has 29 heavy (non-hydrogen) atoms. The average molecular weight is 407 g/mol. The predicted octanol–water partition coefficient (Wildman–Crippen LogP) is 4.50. The number of nitrogens with zero attached hydrogens (tertiary/aromatic N) is 2. The zero-order chi connectivity index (χ0) is 20.0. The van der Waals surface area contributed by atoms with Crippen molar-refractivity contribution in [1.29, 1.82) is 0 Å². The van der Waals surface area contributed by atoms with Gasteiger partial charge in [-0.1, -0.05) is 18.2 Å². The molecule has 0 atom stereocenters. The number of halogens is 1. The number of hydrogen-bond acceptors (Lipinski definition) is 4. The molecule has 1 aliphatic carbocycles. The summed E-state index contributed by atoms with van der Waals surface area (Å²) in [4.78, 5) is 30.8. The molecule has 2 heterocycles. The summed E-state index contributed by atoms with van der Waals surface area (Å²) >= 11 is 1.41. The second kappa shape index (κ2) is 7.08. The fourth-order valence-corrected chi connectivity index (χ4v) is 4.29. The van der Waals surface area contributed by atoms with Crippen molar-refractivity contribution in [1.82, 2.24) is 4.98 Å². The van der Waals surface area contributed by atoms with Crippen molar-refractivity contribution in [3.8, 4) is 11.3 Å². The number of carbonyl (C=O) groups is 2. The molecule has 0 bridgehead atoms. The molecule has 1 N–H and O–H groups in total. The van der Waals surface area contributed by atoms with E-state index < -0.39 is 5.82 Å². The van der Waals surface area contributed by atoms with Gasteiger partial charge in [-0.3, -0.25) is 9.59 Å². The van der Waals surface area contributed by atoms with Gasteiger partial charge < -0.3 is 10.2 Å². The molecular weight excluding hydrogens is 389 g/mol. The van der Waals surface area contributed by atoms with Gasteiger partial charge in [0.1, 0.15) is 5.82 Å². The van der Waals surface area contributed by atoms with Gasteiger partial charge in [-0.25, -0.2) is 9.37 Å². The normalized spacial score (nSPS) is 15.3. The maximum Gasteiger partial charge on any atom is 0.261 e. The summed E-state index contributed by atoms with van der Waals surface area (Å²) in [5.41, 5.74) is 3.65. The van der Waals surface area contributed by atoms with E-state index in [0.29, 0.717) is 18.1 Å². The molecule has 5 nitrogen and oxygen atoms in total. The molecule has 1 fully saturated rings. The summed E-state index contributed by atoms with van der Waals surface area (Å²) < 4.78 is 14.0. The number of hydrogen-bond donors (Lipinski definition) is 1. The lowest BCUT2D eigenvalue weighted by atomic mass is 10.1. The smallest absolute Gasteiger partial charge is 0.261 e. The second-order valence-corrected chi connectivity index (χ2v) is 8.19. The lowest BCUT2D eigenvalue weighted by Gasteiger charge is -2.18. The fraction of sp³-hybridized carbons (Fsp3) is 0.227. The highest BCUT2D eigenvalue weighted by Crippen LogP contribution is 2.35. The first-order chi connectivity index (χ1) is 14.1. The zero-order valence-electron chi connectivity index (χ0n) is 15.5. The third kappa shape index (κ3) is 3.42.